The Morgan fingerprint density at radius 2 is 1.64 bits per heavy atom. The number of amides is 2. The van der Waals surface area contributed by atoms with Crippen molar-refractivity contribution < 1.29 is 17.6 Å². The van der Waals surface area contributed by atoms with Crippen molar-refractivity contribution in [2.24, 2.45) is 0 Å². The van der Waals surface area contributed by atoms with Crippen molar-refractivity contribution in [3.05, 3.63) is 59.9 Å². The molecule has 0 bridgehead atoms. The molecule has 2 N–H and O–H groups in total. The molecule has 8 heteroatoms. The van der Waals surface area contributed by atoms with E-state index >= 15 is 0 Å². The molecule has 2 aromatic carbocycles. The van der Waals surface area contributed by atoms with Gasteiger partial charge in [0.2, 0.25) is 0 Å². The van der Waals surface area contributed by atoms with Crippen LogP contribution in [0.15, 0.2) is 53.4 Å². The molecule has 0 heterocycles. The second-order valence-corrected chi connectivity index (χ2v) is 8.74. The normalized spacial score (nSPS) is 12.3. The summed E-state index contributed by atoms with van der Waals surface area (Å²) >= 11 is 0. The molecule has 152 valence electrons. The number of anilines is 1. The van der Waals surface area contributed by atoms with Crippen LogP contribution < -0.4 is 15.5 Å². The predicted octanol–water partition coefficient (Wildman–Crippen LogP) is 3.12. The monoisotopic (exact) mass is 407 g/mol. The summed E-state index contributed by atoms with van der Waals surface area (Å²) in [7, 11) is -0.0624. The van der Waals surface area contributed by atoms with Gasteiger partial charge in [-0.3, -0.25) is 0 Å². The third-order valence-corrected chi connectivity index (χ3v) is 6.40. The number of carbonyl (C=O) groups is 1. The van der Waals surface area contributed by atoms with Crippen LogP contribution in [0.1, 0.15) is 24.2 Å². The van der Waals surface area contributed by atoms with Gasteiger partial charge in [0, 0.05) is 32.9 Å². The lowest BCUT2D eigenvalue weighted by molar-refractivity contribution is 0.241. The number of nitrogens with zero attached hydrogens (tertiary/aromatic N) is 1. The predicted molar refractivity (Wildman–Crippen MR) is 109 cm³/mol. The van der Waals surface area contributed by atoms with E-state index < -0.39 is 26.9 Å². The summed E-state index contributed by atoms with van der Waals surface area (Å²) in [5.41, 5.74) is 1.47. The number of hydrogen-bond acceptors (Lipinski definition) is 4. The molecule has 0 radical (unpaired) electrons. The maximum Gasteiger partial charge on any atom is 0.314 e. The van der Waals surface area contributed by atoms with Gasteiger partial charge in [0.25, 0.3) is 0 Å². The molecule has 6 nitrogen and oxygen atoms in total. The number of nitrogens with one attached hydrogen (secondary N) is 2. The van der Waals surface area contributed by atoms with Crippen molar-refractivity contribution >= 4 is 21.6 Å². The van der Waals surface area contributed by atoms with Gasteiger partial charge in [-0.1, -0.05) is 19.1 Å². The highest BCUT2D eigenvalue weighted by Crippen LogP contribution is 2.30. The van der Waals surface area contributed by atoms with Crippen LogP contribution >= 0.6 is 0 Å². The first-order chi connectivity index (χ1) is 13.3. The Balaban J connectivity index is 2.34. The topological polar surface area (TPSA) is 78.5 Å². The van der Waals surface area contributed by atoms with Crippen LogP contribution in [0.4, 0.5) is 14.9 Å². The van der Waals surface area contributed by atoms with Gasteiger partial charge in [-0.2, -0.15) is 0 Å². The van der Waals surface area contributed by atoms with Gasteiger partial charge in [-0.15, -0.1) is 0 Å². The molecule has 0 aliphatic carbocycles. The maximum atomic E-state index is 13.2. The zero-order chi connectivity index (χ0) is 20.7. The molecule has 0 aromatic heterocycles. The maximum absolute atomic E-state index is 13.2. The van der Waals surface area contributed by atoms with Crippen LogP contribution in [0.5, 0.6) is 0 Å². The Hall–Kier alpha value is -2.61. The molecule has 0 aliphatic rings. The zero-order valence-electron chi connectivity index (χ0n) is 16.3. The quantitative estimate of drug-likeness (QED) is 0.659. The SMILES string of the molecule is CCCNC(=O)NC[C@H](c1ccc(N(C)C)cc1)S(=O)(=O)c1ccc(F)cc1. The van der Waals surface area contributed by atoms with Crippen LogP contribution in [-0.2, 0) is 9.84 Å². The van der Waals surface area contributed by atoms with Crippen LogP contribution in [-0.4, -0.2) is 41.6 Å². The number of carbonyl (C=O) groups excluding carboxylic acids is 1. The third kappa shape index (κ3) is 5.45. The van der Waals surface area contributed by atoms with E-state index in [0.29, 0.717) is 12.1 Å². The van der Waals surface area contributed by atoms with Crippen LogP contribution in [0.3, 0.4) is 0 Å². The number of hydrogen-bond donors (Lipinski definition) is 2. The summed E-state index contributed by atoms with van der Waals surface area (Å²) in [6.07, 6.45) is 0.775. The van der Waals surface area contributed by atoms with Crippen molar-refractivity contribution in [3.63, 3.8) is 0 Å². The van der Waals surface area contributed by atoms with Crippen molar-refractivity contribution in [2.45, 2.75) is 23.5 Å². The molecule has 0 unspecified atom stereocenters. The first-order valence-corrected chi connectivity index (χ1v) is 10.6. The van der Waals surface area contributed by atoms with Crippen molar-refractivity contribution in [1.82, 2.24) is 10.6 Å². The lowest BCUT2D eigenvalue weighted by Crippen LogP contribution is -2.39. The highest BCUT2D eigenvalue weighted by Gasteiger charge is 2.29. The smallest absolute Gasteiger partial charge is 0.314 e. The number of benzene rings is 2. The first-order valence-electron chi connectivity index (χ1n) is 9.04. The number of urea groups is 1. The summed E-state index contributed by atoms with van der Waals surface area (Å²) in [6.45, 7) is 2.32. The Bertz CT molecular complexity index is 882. The van der Waals surface area contributed by atoms with E-state index in [-0.39, 0.29) is 11.4 Å². The summed E-state index contributed by atoms with van der Waals surface area (Å²) in [5.74, 6) is -0.511. The lowest BCUT2D eigenvalue weighted by Gasteiger charge is -2.20. The average molecular weight is 408 g/mol. The minimum Gasteiger partial charge on any atom is -0.378 e. The second kappa shape index (κ2) is 9.54. The Morgan fingerprint density at radius 1 is 1.04 bits per heavy atom. The van der Waals surface area contributed by atoms with Crippen LogP contribution in [0.2, 0.25) is 0 Å². The van der Waals surface area contributed by atoms with E-state index in [1.54, 1.807) is 12.1 Å². The van der Waals surface area contributed by atoms with E-state index in [9.17, 15) is 17.6 Å². The van der Waals surface area contributed by atoms with Gasteiger partial charge in [-0.05, 0) is 48.4 Å². The third-order valence-electron chi connectivity index (χ3n) is 4.28. The molecule has 28 heavy (non-hydrogen) atoms. The molecule has 0 fully saturated rings. The van der Waals surface area contributed by atoms with E-state index in [2.05, 4.69) is 10.6 Å². The summed E-state index contributed by atoms with van der Waals surface area (Å²) in [4.78, 5) is 13.8. The largest absolute Gasteiger partial charge is 0.378 e. The second-order valence-electron chi connectivity index (χ2n) is 6.61. The van der Waals surface area contributed by atoms with Gasteiger partial charge in [0.05, 0.1) is 4.90 Å². The van der Waals surface area contributed by atoms with Gasteiger partial charge >= 0.3 is 6.03 Å². The van der Waals surface area contributed by atoms with Gasteiger partial charge in [0.1, 0.15) is 11.1 Å². The Morgan fingerprint density at radius 3 is 2.18 bits per heavy atom. The fourth-order valence-electron chi connectivity index (χ4n) is 2.67. The standard InChI is InChI=1S/C20H26FN3O3S/c1-4-13-22-20(25)23-14-19(15-5-9-17(10-6-15)24(2)3)28(26,27)18-11-7-16(21)8-12-18/h5-12,19H,4,13-14H2,1-3H3,(H2,22,23,25)/t19-/m1/s1. The van der Waals surface area contributed by atoms with Gasteiger partial charge in [-0.25, -0.2) is 17.6 Å². The van der Waals surface area contributed by atoms with Crippen molar-refractivity contribution in [2.75, 3.05) is 32.1 Å². The Labute approximate surface area is 165 Å². The minimum absolute atomic E-state index is 0.00588. The van der Waals surface area contributed by atoms with Crippen molar-refractivity contribution in [3.8, 4) is 0 Å². The van der Waals surface area contributed by atoms with E-state index in [1.807, 2.05) is 38.1 Å². The summed E-state index contributed by atoms with van der Waals surface area (Å²) < 4.78 is 39.6. The molecular formula is C20H26FN3O3S. The minimum atomic E-state index is -3.84. The fourth-order valence-corrected chi connectivity index (χ4v) is 4.33. The van der Waals surface area contributed by atoms with Crippen LogP contribution in [0.25, 0.3) is 0 Å². The van der Waals surface area contributed by atoms with E-state index in [0.717, 1.165) is 24.2 Å². The van der Waals surface area contributed by atoms with E-state index in [1.165, 1.54) is 12.1 Å². The molecule has 2 amide bonds. The highest BCUT2D eigenvalue weighted by molar-refractivity contribution is 7.91. The molecular weight excluding hydrogens is 381 g/mol. The molecule has 2 rings (SSSR count). The highest BCUT2D eigenvalue weighted by atomic mass is 32.2. The van der Waals surface area contributed by atoms with Crippen molar-refractivity contribution in [1.29, 1.82) is 0 Å². The molecule has 0 saturated carbocycles. The average Bonchev–Trinajstić information content (AvgIpc) is 2.67. The molecule has 1 atom stereocenters. The Kier molecular flexibility index (Phi) is 7.39. The fraction of sp³-hybridized carbons (Fsp3) is 0.350. The molecule has 0 spiro atoms. The molecule has 0 aliphatic heterocycles. The van der Waals surface area contributed by atoms with E-state index in [4.69, 9.17) is 0 Å². The summed E-state index contributed by atoms with van der Waals surface area (Å²) in [5, 5.41) is 4.29. The molecule has 2 aromatic rings. The zero-order valence-corrected chi connectivity index (χ0v) is 17.1. The lowest BCUT2D eigenvalue weighted by atomic mass is 10.1. The molecule has 0 saturated heterocycles. The number of sulfone groups is 1. The number of halogens is 1. The first kappa shape index (κ1) is 21.7. The van der Waals surface area contributed by atoms with Gasteiger partial charge < -0.3 is 15.5 Å². The summed E-state index contributed by atoms with van der Waals surface area (Å²) in [6, 6.07) is 11.4. The van der Waals surface area contributed by atoms with Crippen LogP contribution in [0, 0.1) is 5.82 Å². The van der Waals surface area contributed by atoms with Gasteiger partial charge in [0.15, 0.2) is 9.84 Å². The number of rotatable bonds is 8.